The third kappa shape index (κ3) is 3.99. The van der Waals surface area contributed by atoms with Gasteiger partial charge >= 0.3 is 0 Å². The number of aromatic nitrogens is 3. The van der Waals surface area contributed by atoms with Gasteiger partial charge in [-0.1, -0.05) is 6.07 Å². The summed E-state index contributed by atoms with van der Waals surface area (Å²) >= 11 is 0. The monoisotopic (exact) mass is 419 g/mol. The van der Waals surface area contributed by atoms with Crippen molar-refractivity contribution in [3.8, 4) is 11.4 Å². The molecule has 152 valence electrons. The molecule has 1 N–H and O–H groups in total. The van der Waals surface area contributed by atoms with E-state index in [2.05, 4.69) is 15.2 Å². The molecule has 3 heterocycles. The first kappa shape index (κ1) is 19.5. The molecule has 1 aliphatic heterocycles. The molecule has 3 aromatic rings. The molecule has 1 aromatic carbocycles. The fraction of sp³-hybridized carbons (Fsp3) is 0.263. The van der Waals surface area contributed by atoms with Crippen LogP contribution in [-0.4, -0.2) is 54.1 Å². The number of H-pyrrole nitrogens is 1. The Balaban J connectivity index is 1.49. The minimum atomic E-state index is -3.91. The third-order valence-corrected chi connectivity index (χ3v) is 6.71. The Bertz CT molecular complexity index is 1100. The minimum absolute atomic E-state index is 0.215. The van der Waals surface area contributed by atoms with Gasteiger partial charge in [-0.2, -0.15) is 9.40 Å². The third-order valence-electron chi connectivity index (χ3n) is 4.81. The fourth-order valence-electron chi connectivity index (χ4n) is 3.28. The quantitative estimate of drug-likeness (QED) is 0.703. The van der Waals surface area contributed by atoms with Gasteiger partial charge in [0.25, 0.3) is 0 Å². The number of benzene rings is 1. The Morgan fingerprint density at radius 1 is 0.966 bits per heavy atom. The maximum absolute atomic E-state index is 13.5. The highest BCUT2D eigenvalue weighted by molar-refractivity contribution is 7.89. The van der Waals surface area contributed by atoms with E-state index in [-0.39, 0.29) is 18.0 Å². The van der Waals surface area contributed by atoms with Crippen LogP contribution in [0.3, 0.4) is 0 Å². The molecular formula is C19H19F2N5O2S. The van der Waals surface area contributed by atoms with Crippen molar-refractivity contribution in [3.63, 3.8) is 0 Å². The maximum Gasteiger partial charge on any atom is 0.243 e. The van der Waals surface area contributed by atoms with Crippen molar-refractivity contribution in [2.75, 3.05) is 31.1 Å². The number of nitrogens with one attached hydrogen (secondary N) is 1. The topological polar surface area (TPSA) is 82.2 Å². The van der Waals surface area contributed by atoms with Crippen molar-refractivity contribution in [3.05, 3.63) is 60.3 Å². The van der Waals surface area contributed by atoms with Gasteiger partial charge in [0.2, 0.25) is 10.0 Å². The smallest absolute Gasteiger partial charge is 0.243 e. The van der Waals surface area contributed by atoms with E-state index >= 15 is 0 Å². The molecule has 1 saturated heterocycles. The number of hydrogen-bond acceptors (Lipinski definition) is 5. The molecule has 0 bridgehead atoms. The van der Waals surface area contributed by atoms with Gasteiger partial charge in [0.05, 0.1) is 16.3 Å². The molecule has 2 aromatic heterocycles. The van der Waals surface area contributed by atoms with Crippen LogP contribution < -0.4 is 4.90 Å². The number of sulfonamides is 1. The van der Waals surface area contributed by atoms with Crippen LogP contribution >= 0.6 is 0 Å². The molecule has 0 radical (unpaired) electrons. The van der Waals surface area contributed by atoms with Gasteiger partial charge in [0, 0.05) is 38.4 Å². The lowest BCUT2D eigenvalue weighted by Crippen LogP contribution is -2.35. The van der Waals surface area contributed by atoms with Crippen molar-refractivity contribution < 1.29 is 17.2 Å². The van der Waals surface area contributed by atoms with Crippen molar-refractivity contribution in [1.29, 1.82) is 0 Å². The second-order valence-corrected chi connectivity index (χ2v) is 8.61. The lowest BCUT2D eigenvalue weighted by atomic mass is 10.2. The van der Waals surface area contributed by atoms with E-state index in [1.807, 2.05) is 29.2 Å². The van der Waals surface area contributed by atoms with Crippen LogP contribution in [0.15, 0.2) is 53.6 Å². The molecule has 10 heteroatoms. The average molecular weight is 419 g/mol. The van der Waals surface area contributed by atoms with E-state index in [1.165, 1.54) is 4.31 Å². The van der Waals surface area contributed by atoms with Crippen LogP contribution in [-0.2, 0) is 10.0 Å². The fourth-order valence-corrected chi connectivity index (χ4v) is 4.76. The molecule has 0 amide bonds. The SMILES string of the molecule is O=S(=O)(c1ccc(F)c(F)c1)N1CCCN(c2cc(-c3ccccn3)[nH]n2)CC1. The van der Waals surface area contributed by atoms with E-state index < -0.39 is 21.7 Å². The molecular weight excluding hydrogens is 400 g/mol. The van der Waals surface area contributed by atoms with E-state index in [1.54, 1.807) is 6.20 Å². The van der Waals surface area contributed by atoms with Crippen molar-refractivity contribution in [1.82, 2.24) is 19.5 Å². The predicted molar refractivity (Wildman–Crippen MR) is 104 cm³/mol. The molecule has 0 unspecified atom stereocenters. The van der Waals surface area contributed by atoms with Crippen LogP contribution in [0.4, 0.5) is 14.6 Å². The Kier molecular flexibility index (Phi) is 5.29. The summed E-state index contributed by atoms with van der Waals surface area (Å²) in [5.74, 6) is -1.55. The summed E-state index contributed by atoms with van der Waals surface area (Å²) in [7, 11) is -3.91. The Hall–Kier alpha value is -2.85. The summed E-state index contributed by atoms with van der Waals surface area (Å²) in [5.41, 5.74) is 1.54. The highest BCUT2D eigenvalue weighted by Crippen LogP contribution is 2.23. The van der Waals surface area contributed by atoms with Gasteiger partial charge in [0.15, 0.2) is 17.5 Å². The van der Waals surface area contributed by atoms with Crippen LogP contribution in [0.25, 0.3) is 11.4 Å². The van der Waals surface area contributed by atoms with Crippen LogP contribution in [0.5, 0.6) is 0 Å². The summed E-state index contributed by atoms with van der Waals surface area (Å²) in [4.78, 5) is 6.02. The van der Waals surface area contributed by atoms with Crippen LogP contribution in [0.2, 0.25) is 0 Å². The standard InChI is InChI=1S/C19H19F2N5O2S/c20-15-6-5-14(12-16(15)21)29(27,28)26-9-3-8-25(10-11-26)19-13-18(23-24-19)17-4-1-2-7-22-17/h1-2,4-7,12-13H,3,8-11H2,(H,23,24). The summed E-state index contributed by atoms with van der Waals surface area (Å²) in [6.45, 7) is 1.55. The molecule has 1 fully saturated rings. The first-order chi connectivity index (χ1) is 13.9. The van der Waals surface area contributed by atoms with Crippen LogP contribution in [0.1, 0.15) is 6.42 Å². The normalized spacial score (nSPS) is 16.0. The summed E-state index contributed by atoms with van der Waals surface area (Å²) in [5, 5.41) is 7.28. The molecule has 0 saturated carbocycles. The van der Waals surface area contributed by atoms with E-state index in [9.17, 15) is 17.2 Å². The number of anilines is 1. The molecule has 0 atom stereocenters. The van der Waals surface area contributed by atoms with Crippen molar-refractivity contribution in [2.45, 2.75) is 11.3 Å². The number of rotatable bonds is 4. The summed E-state index contributed by atoms with van der Waals surface area (Å²) in [6.07, 6.45) is 2.28. The first-order valence-electron chi connectivity index (χ1n) is 9.12. The molecule has 0 spiro atoms. The molecule has 29 heavy (non-hydrogen) atoms. The zero-order valence-corrected chi connectivity index (χ0v) is 16.2. The summed E-state index contributed by atoms with van der Waals surface area (Å²) < 4.78 is 53.6. The summed E-state index contributed by atoms with van der Waals surface area (Å²) in [6, 6.07) is 10.1. The number of pyridine rings is 1. The van der Waals surface area contributed by atoms with Crippen molar-refractivity contribution >= 4 is 15.8 Å². The molecule has 1 aliphatic rings. The molecule has 7 nitrogen and oxygen atoms in total. The van der Waals surface area contributed by atoms with Gasteiger partial charge in [-0.25, -0.2) is 17.2 Å². The van der Waals surface area contributed by atoms with Gasteiger partial charge in [-0.05, 0) is 36.8 Å². The van der Waals surface area contributed by atoms with Gasteiger partial charge in [-0.3, -0.25) is 10.1 Å². The number of hydrogen-bond donors (Lipinski definition) is 1. The number of nitrogens with zero attached hydrogens (tertiary/aromatic N) is 4. The largest absolute Gasteiger partial charge is 0.354 e. The highest BCUT2D eigenvalue weighted by atomic mass is 32.2. The maximum atomic E-state index is 13.5. The lowest BCUT2D eigenvalue weighted by molar-refractivity contribution is 0.431. The highest BCUT2D eigenvalue weighted by Gasteiger charge is 2.28. The zero-order chi connectivity index (χ0) is 20.4. The predicted octanol–water partition coefficient (Wildman–Crippen LogP) is 2.65. The lowest BCUT2D eigenvalue weighted by Gasteiger charge is -2.21. The zero-order valence-electron chi connectivity index (χ0n) is 15.4. The van der Waals surface area contributed by atoms with E-state index in [0.717, 1.165) is 29.6 Å². The van der Waals surface area contributed by atoms with E-state index in [0.29, 0.717) is 25.3 Å². The van der Waals surface area contributed by atoms with Gasteiger partial charge < -0.3 is 4.90 Å². The molecule has 0 aliphatic carbocycles. The average Bonchev–Trinajstić information content (AvgIpc) is 3.08. The van der Waals surface area contributed by atoms with Gasteiger partial charge in [0.1, 0.15) is 0 Å². The van der Waals surface area contributed by atoms with Crippen LogP contribution in [0, 0.1) is 11.6 Å². The Morgan fingerprint density at radius 2 is 1.83 bits per heavy atom. The van der Waals surface area contributed by atoms with Gasteiger partial charge in [-0.15, -0.1) is 0 Å². The number of aromatic amines is 1. The van der Waals surface area contributed by atoms with Crippen molar-refractivity contribution in [2.24, 2.45) is 0 Å². The van der Waals surface area contributed by atoms with E-state index in [4.69, 9.17) is 0 Å². The Morgan fingerprint density at radius 3 is 2.59 bits per heavy atom. The second kappa shape index (κ2) is 7.88. The number of halogens is 2. The Labute approximate surface area is 167 Å². The second-order valence-electron chi connectivity index (χ2n) is 6.68. The molecule has 4 rings (SSSR count). The minimum Gasteiger partial charge on any atom is -0.354 e. The first-order valence-corrected chi connectivity index (χ1v) is 10.6.